The van der Waals surface area contributed by atoms with Gasteiger partial charge in [-0.05, 0) is 74.8 Å². The predicted molar refractivity (Wildman–Crippen MR) is 133 cm³/mol. The van der Waals surface area contributed by atoms with Gasteiger partial charge in [-0.3, -0.25) is 9.69 Å². The lowest BCUT2D eigenvalue weighted by Crippen LogP contribution is -2.54. The number of rotatable bonds is 9. The monoisotopic (exact) mass is 466 g/mol. The first kappa shape index (κ1) is 24.6. The number of ether oxygens (including phenoxy) is 3. The van der Waals surface area contributed by atoms with Gasteiger partial charge in [-0.15, -0.1) is 0 Å². The molecule has 0 saturated heterocycles. The van der Waals surface area contributed by atoms with E-state index in [1.807, 2.05) is 44.2 Å². The molecular formula is C28H38N2O4. The smallest absolute Gasteiger partial charge is 0.309 e. The van der Waals surface area contributed by atoms with Crippen molar-refractivity contribution in [1.29, 1.82) is 0 Å². The summed E-state index contributed by atoms with van der Waals surface area (Å²) >= 11 is 0. The molecule has 6 nitrogen and oxygen atoms in total. The first-order chi connectivity index (χ1) is 16.6. The van der Waals surface area contributed by atoms with E-state index in [2.05, 4.69) is 17.0 Å². The van der Waals surface area contributed by atoms with Gasteiger partial charge in [0, 0.05) is 25.2 Å². The van der Waals surface area contributed by atoms with Crippen LogP contribution in [-0.2, 0) is 28.1 Å². The van der Waals surface area contributed by atoms with Crippen molar-refractivity contribution in [2.24, 2.45) is 11.7 Å². The zero-order valence-electron chi connectivity index (χ0n) is 20.6. The lowest BCUT2D eigenvalue weighted by atomic mass is 9.68. The van der Waals surface area contributed by atoms with Gasteiger partial charge >= 0.3 is 5.97 Å². The molecule has 1 aliphatic heterocycles. The van der Waals surface area contributed by atoms with Crippen molar-refractivity contribution in [2.75, 3.05) is 32.8 Å². The summed E-state index contributed by atoms with van der Waals surface area (Å²) in [6.07, 6.45) is 4.40. The number of nitrogens with two attached hydrogens (primary N) is 1. The summed E-state index contributed by atoms with van der Waals surface area (Å²) in [5, 5.41) is 0. The van der Waals surface area contributed by atoms with Gasteiger partial charge in [0.25, 0.3) is 0 Å². The highest BCUT2D eigenvalue weighted by Gasteiger charge is 2.46. The maximum Gasteiger partial charge on any atom is 0.309 e. The van der Waals surface area contributed by atoms with Gasteiger partial charge in [-0.1, -0.05) is 30.3 Å². The van der Waals surface area contributed by atoms with E-state index in [0.717, 1.165) is 62.3 Å². The van der Waals surface area contributed by atoms with Crippen molar-refractivity contribution in [1.82, 2.24) is 4.90 Å². The van der Waals surface area contributed by atoms with E-state index in [1.165, 1.54) is 11.1 Å². The quantitative estimate of drug-likeness (QED) is 0.551. The first-order valence-electron chi connectivity index (χ1n) is 12.7. The molecule has 4 rings (SSSR count). The van der Waals surface area contributed by atoms with Crippen molar-refractivity contribution in [3.8, 4) is 11.5 Å². The third kappa shape index (κ3) is 5.08. The van der Waals surface area contributed by atoms with Crippen molar-refractivity contribution in [2.45, 2.75) is 58.1 Å². The number of carbonyl (C=O) groups excluding carboxylic acids is 1. The Morgan fingerprint density at radius 3 is 2.38 bits per heavy atom. The van der Waals surface area contributed by atoms with Crippen LogP contribution in [0.25, 0.3) is 0 Å². The Labute approximate surface area is 203 Å². The average molecular weight is 467 g/mol. The molecule has 1 fully saturated rings. The Kier molecular flexibility index (Phi) is 8.11. The van der Waals surface area contributed by atoms with Crippen LogP contribution in [-0.4, -0.2) is 43.7 Å². The second kappa shape index (κ2) is 11.2. The van der Waals surface area contributed by atoms with E-state index in [9.17, 15) is 4.79 Å². The van der Waals surface area contributed by atoms with Crippen LogP contribution < -0.4 is 15.2 Å². The summed E-state index contributed by atoms with van der Waals surface area (Å²) in [5.74, 6) is 1.49. The number of benzene rings is 2. The molecule has 2 aliphatic rings. The number of carbonyl (C=O) groups is 1. The van der Waals surface area contributed by atoms with Gasteiger partial charge in [0.15, 0.2) is 11.5 Å². The van der Waals surface area contributed by atoms with Crippen LogP contribution in [0.15, 0.2) is 42.5 Å². The van der Waals surface area contributed by atoms with E-state index in [4.69, 9.17) is 19.9 Å². The van der Waals surface area contributed by atoms with Crippen LogP contribution in [0.2, 0.25) is 0 Å². The fraction of sp³-hybridized carbons (Fsp3) is 0.536. The van der Waals surface area contributed by atoms with Gasteiger partial charge in [-0.25, -0.2) is 0 Å². The van der Waals surface area contributed by atoms with Crippen molar-refractivity contribution in [3.63, 3.8) is 0 Å². The zero-order valence-corrected chi connectivity index (χ0v) is 20.6. The number of hydrogen-bond donors (Lipinski definition) is 1. The van der Waals surface area contributed by atoms with Crippen molar-refractivity contribution < 1.29 is 19.0 Å². The summed E-state index contributed by atoms with van der Waals surface area (Å²) in [6, 6.07) is 14.2. The Hall–Kier alpha value is -2.57. The summed E-state index contributed by atoms with van der Waals surface area (Å²) < 4.78 is 17.5. The van der Waals surface area contributed by atoms with Crippen LogP contribution in [0, 0.1) is 5.92 Å². The van der Waals surface area contributed by atoms with E-state index < -0.39 is 0 Å². The Bertz CT molecular complexity index is 954. The van der Waals surface area contributed by atoms with E-state index >= 15 is 0 Å². The number of nitrogens with zero attached hydrogens (tertiary/aromatic N) is 1. The minimum Gasteiger partial charge on any atom is -0.490 e. The molecule has 0 aromatic heterocycles. The van der Waals surface area contributed by atoms with Gasteiger partial charge in [0.2, 0.25) is 0 Å². The number of fused-ring (bicyclic) bond motifs is 2. The summed E-state index contributed by atoms with van der Waals surface area (Å²) in [4.78, 5) is 15.4. The van der Waals surface area contributed by atoms with Gasteiger partial charge in [0.05, 0.1) is 19.1 Å². The van der Waals surface area contributed by atoms with E-state index in [1.54, 1.807) is 0 Å². The summed E-state index contributed by atoms with van der Waals surface area (Å²) in [7, 11) is 0. The Morgan fingerprint density at radius 1 is 1.06 bits per heavy atom. The van der Waals surface area contributed by atoms with Crippen LogP contribution >= 0.6 is 0 Å². The largest absolute Gasteiger partial charge is 0.490 e. The molecular weight excluding hydrogens is 428 g/mol. The lowest BCUT2D eigenvalue weighted by Gasteiger charge is -2.51. The Balaban J connectivity index is 1.54. The standard InChI is InChI=1S/C28H38N2O4/c1-3-32-25-18-23-12-16-30(17-15-29)28(24(23)19-26(25)33-4-2)13-10-22(11-14-28)27(31)34-20-21-8-6-5-7-9-21/h5-9,18-19,22H,3-4,10-17,20,29H2,1-2H3/t22-,28+. The molecule has 0 amide bonds. The molecule has 2 N–H and O–H groups in total. The van der Waals surface area contributed by atoms with Gasteiger partial charge in [0.1, 0.15) is 6.61 Å². The highest BCUT2D eigenvalue weighted by atomic mass is 16.5. The molecule has 1 spiro atoms. The molecule has 2 aromatic carbocycles. The summed E-state index contributed by atoms with van der Waals surface area (Å²) in [6.45, 7) is 7.96. The Morgan fingerprint density at radius 2 is 1.74 bits per heavy atom. The highest BCUT2D eigenvalue weighted by Crippen LogP contribution is 2.50. The van der Waals surface area contributed by atoms with Crippen LogP contribution in [0.5, 0.6) is 11.5 Å². The highest BCUT2D eigenvalue weighted by molar-refractivity contribution is 5.72. The predicted octanol–water partition coefficient (Wildman–Crippen LogP) is 4.43. The summed E-state index contributed by atoms with van der Waals surface area (Å²) in [5.41, 5.74) is 9.55. The SMILES string of the molecule is CCOc1cc2c(cc1OCC)[C@]1(CC[C@H](C(=O)OCc3ccccc3)CC1)N(CCN)CC2. The second-order valence-corrected chi connectivity index (χ2v) is 9.25. The maximum absolute atomic E-state index is 12.9. The minimum absolute atomic E-state index is 0.0616. The molecule has 0 radical (unpaired) electrons. The lowest BCUT2D eigenvalue weighted by molar-refractivity contribution is -0.152. The number of hydrogen-bond acceptors (Lipinski definition) is 6. The molecule has 0 unspecified atom stereocenters. The van der Waals surface area contributed by atoms with E-state index in [-0.39, 0.29) is 17.4 Å². The molecule has 184 valence electrons. The molecule has 6 heteroatoms. The van der Waals surface area contributed by atoms with Crippen molar-refractivity contribution in [3.05, 3.63) is 59.2 Å². The fourth-order valence-electron chi connectivity index (χ4n) is 5.66. The molecule has 1 saturated carbocycles. The fourth-order valence-corrected chi connectivity index (χ4v) is 5.66. The first-order valence-corrected chi connectivity index (χ1v) is 12.7. The van der Waals surface area contributed by atoms with Crippen LogP contribution in [0.1, 0.15) is 56.2 Å². The molecule has 0 atom stereocenters. The molecule has 34 heavy (non-hydrogen) atoms. The zero-order chi connectivity index (χ0) is 24.0. The van der Waals surface area contributed by atoms with Gasteiger partial charge < -0.3 is 19.9 Å². The third-order valence-corrected chi connectivity index (χ3v) is 7.30. The third-order valence-electron chi connectivity index (χ3n) is 7.30. The second-order valence-electron chi connectivity index (χ2n) is 9.25. The van der Waals surface area contributed by atoms with Crippen LogP contribution in [0.3, 0.4) is 0 Å². The molecule has 2 aromatic rings. The molecule has 0 bridgehead atoms. The maximum atomic E-state index is 12.9. The van der Waals surface area contributed by atoms with Crippen LogP contribution in [0.4, 0.5) is 0 Å². The average Bonchev–Trinajstić information content (AvgIpc) is 2.86. The molecule has 1 aliphatic carbocycles. The van der Waals surface area contributed by atoms with Gasteiger partial charge in [-0.2, -0.15) is 0 Å². The number of esters is 1. The minimum atomic E-state index is -0.125. The normalized spacial score (nSPS) is 22.3. The topological polar surface area (TPSA) is 74.0 Å². The van der Waals surface area contributed by atoms with Crippen molar-refractivity contribution >= 4 is 5.97 Å². The molecule has 1 heterocycles. The van der Waals surface area contributed by atoms with E-state index in [0.29, 0.717) is 26.4 Å².